The van der Waals surface area contributed by atoms with Crippen LogP contribution < -0.4 is 0 Å². The van der Waals surface area contributed by atoms with Crippen molar-refractivity contribution >= 4 is 5.57 Å². The van der Waals surface area contributed by atoms with E-state index in [0.29, 0.717) is 5.92 Å². The van der Waals surface area contributed by atoms with Crippen molar-refractivity contribution in [2.45, 2.75) is 25.2 Å². The van der Waals surface area contributed by atoms with E-state index in [0.717, 1.165) is 0 Å². The Labute approximate surface area is 108 Å². The molecule has 0 spiro atoms. The molecule has 88 valence electrons. The van der Waals surface area contributed by atoms with Gasteiger partial charge < -0.3 is 0 Å². The highest BCUT2D eigenvalue weighted by Gasteiger charge is 2.34. The summed E-state index contributed by atoms with van der Waals surface area (Å²) in [6.07, 6.45) is 15.0. The van der Waals surface area contributed by atoms with Gasteiger partial charge in [-0.05, 0) is 47.1 Å². The van der Waals surface area contributed by atoms with Crippen LogP contribution in [0.4, 0.5) is 0 Å². The van der Waals surface area contributed by atoms with E-state index in [9.17, 15) is 0 Å². The molecule has 0 nitrogen and oxygen atoms in total. The summed E-state index contributed by atoms with van der Waals surface area (Å²) in [4.78, 5) is 0. The van der Waals surface area contributed by atoms with Crippen molar-refractivity contribution in [3.05, 3.63) is 76.9 Å². The molecular weight excluding hydrogens is 216 g/mol. The maximum Gasteiger partial charge on any atom is 0.0104 e. The average Bonchev–Trinajstić information content (AvgIpc) is 2.70. The summed E-state index contributed by atoms with van der Waals surface area (Å²) in [5.74, 6) is 0.646. The zero-order valence-corrected chi connectivity index (χ0v) is 10.4. The van der Waals surface area contributed by atoms with Crippen LogP contribution in [0.25, 0.3) is 5.57 Å². The number of rotatable bonds is 0. The number of allylic oxidation sites excluding steroid dienone is 8. The van der Waals surface area contributed by atoms with Crippen molar-refractivity contribution in [2.75, 3.05) is 0 Å². The smallest absolute Gasteiger partial charge is 0.0104 e. The highest BCUT2D eigenvalue weighted by Crippen LogP contribution is 2.52. The molecule has 0 N–H and O–H groups in total. The quantitative estimate of drug-likeness (QED) is 0.604. The summed E-state index contributed by atoms with van der Waals surface area (Å²) in [5.41, 5.74) is 7.61. The molecule has 1 unspecified atom stereocenters. The summed E-state index contributed by atoms with van der Waals surface area (Å²) < 4.78 is 0. The monoisotopic (exact) mass is 232 g/mol. The molecule has 0 aromatic heterocycles. The predicted molar refractivity (Wildman–Crippen MR) is 76.3 cm³/mol. The first kappa shape index (κ1) is 10.1. The lowest BCUT2D eigenvalue weighted by molar-refractivity contribution is 0.632. The second-order valence-corrected chi connectivity index (χ2v) is 5.30. The van der Waals surface area contributed by atoms with Crippen LogP contribution >= 0.6 is 0 Å². The van der Waals surface area contributed by atoms with Crippen LogP contribution in [0.1, 0.15) is 36.3 Å². The number of hydrogen-bond donors (Lipinski definition) is 0. The lowest BCUT2D eigenvalue weighted by Crippen LogP contribution is -2.05. The predicted octanol–water partition coefficient (Wildman–Crippen LogP) is 4.77. The molecule has 0 heteroatoms. The molecule has 3 aliphatic rings. The molecule has 18 heavy (non-hydrogen) atoms. The Morgan fingerprint density at radius 3 is 2.94 bits per heavy atom. The van der Waals surface area contributed by atoms with Gasteiger partial charge in [0.25, 0.3) is 0 Å². The van der Waals surface area contributed by atoms with Crippen molar-refractivity contribution in [3.63, 3.8) is 0 Å². The van der Waals surface area contributed by atoms with E-state index >= 15 is 0 Å². The van der Waals surface area contributed by atoms with Crippen LogP contribution in [0, 0.1) is 0 Å². The number of fused-ring (bicyclic) bond motifs is 3. The number of benzene rings is 1. The Balaban J connectivity index is 2.04. The zero-order chi connectivity index (χ0) is 11.9. The van der Waals surface area contributed by atoms with Crippen LogP contribution in [0.3, 0.4) is 0 Å². The Morgan fingerprint density at radius 1 is 1.00 bits per heavy atom. The Bertz CT molecular complexity index is 623. The fourth-order valence-electron chi connectivity index (χ4n) is 3.60. The fourth-order valence-corrected chi connectivity index (χ4v) is 3.60. The fraction of sp³-hybridized carbons (Fsp3) is 0.222. The first-order valence-electron chi connectivity index (χ1n) is 6.83. The van der Waals surface area contributed by atoms with E-state index in [1.54, 1.807) is 16.7 Å². The Morgan fingerprint density at radius 2 is 1.94 bits per heavy atom. The van der Waals surface area contributed by atoms with Gasteiger partial charge in [-0.1, -0.05) is 54.6 Å². The number of hydrogen-bond acceptors (Lipinski definition) is 0. The second-order valence-electron chi connectivity index (χ2n) is 5.30. The van der Waals surface area contributed by atoms with Crippen molar-refractivity contribution in [1.82, 2.24) is 0 Å². The van der Waals surface area contributed by atoms with Crippen LogP contribution in [0.5, 0.6) is 0 Å². The summed E-state index contributed by atoms with van der Waals surface area (Å²) in [7, 11) is 0. The molecule has 0 aliphatic heterocycles. The summed E-state index contributed by atoms with van der Waals surface area (Å²) in [5, 5.41) is 0. The third-order valence-electron chi connectivity index (χ3n) is 4.33. The second kappa shape index (κ2) is 3.84. The highest BCUT2D eigenvalue weighted by atomic mass is 14.4. The molecule has 0 heterocycles. The van der Waals surface area contributed by atoms with E-state index in [-0.39, 0.29) is 0 Å². The van der Waals surface area contributed by atoms with Gasteiger partial charge in [0, 0.05) is 5.92 Å². The first-order chi connectivity index (χ1) is 8.95. The minimum Gasteiger partial charge on any atom is -0.0622 e. The molecule has 1 aromatic rings. The first-order valence-corrected chi connectivity index (χ1v) is 6.83. The molecule has 1 aromatic carbocycles. The lowest BCUT2D eigenvalue weighted by Gasteiger charge is -2.23. The minimum atomic E-state index is 0.646. The molecule has 4 rings (SSSR count). The van der Waals surface area contributed by atoms with Gasteiger partial charge in [0.1, 0.15) is 0 Å². The standard InChI is InChI=1S/C18H16/c1-2-7-13-8-6-12-17-15-10-5-4-9-14(15)16(11-3-1)18(13)17/h1-5,7,9-11,17H,6,8,12H2. The van der Waals surface area contributed by atoms with E-state index in [2.05, 4.69) is 54.6 Å². The SMILES string of the molecule is C1=CC=C2C3=C(C=C1)CCCC3c1ccccc12. The largest absolute Gasteiger partial charge is 0.0622 e. The lowest BCUT2D eigenvalue weighted by atomic mass is 9.81. The van der Waals surface area contributed by atoms with Gasteiger partial charge in [-0.2, -0.15) is 0 Å². The topological polar surface area (TPSA) is 0 Å². The Kier molecular flexibility index (Phi) is 2.16. The Hall–Kier alpha value is -1.82. The van der Waals surface area contributed by atoms with Crippen molar-refractivity contribution in [1.29, 1.82) is 0 Å². The van der Waals surface area contributed by atoms with E-state index in [4.69, 9.17) is 0 Å². The molecule has 0 bridgehead atoms. The molecule has 1 atom stereocenters. The summed E-state index contributed by atoms with van der Waals surface area (Å²) in [6, 6.07) is 8.94. The average molecular weight is 232 g/mol. The third kappa shape index (κ3) is 1.32. The zero-order valence-electron chi connectivity index (χ0n) is 10.4. The van der Waals surface area contributed by atoms with E-state index < -0.39 is 0 Å². The minimum absolute atomic E-state index is 0.646. The van der Waals surface area contributed by atoms with Crippen LogP contribution in [-0.2, 0) is 0 Å². The normalized spacial score (nSPS) is 24.2. The maximum absolute atomic E-state index is 2.32. The van der Waals surface area contributed by atoms with Crippen molar-refractivity contribution < 1.29 is 0 Å². The van der Waals surface area contributed by atoms with Crippen LogP contribution in [-0.4, -0.2) is 0 Å². The van der Waals surface area contributed by atoms with Crippen molar-refractivity contribution in [3.8, 4) is 0 Å². The van der Waals surface area contributed by atoms with Crippen LogP contribution in [0.15, 0.2) is 65.8 Å². The van der Waals surface area contributed by atoms with Gasteiger partial charge in [0.05, 0.1) is 0 Å². The molecule has 3 aliphatic carbocycles. The molecule has 0 radical (unpaired) electrons. The van der Waals surface area contributed by atoms with Gasteiger partial charge in [-0.15, -0.1) is 0 Å². The molecule has 0 amide bonds. The van der Waals surface area contributed by atoms with E-state index in [1.807, 2.05) is 0 Å². The molecular formula is C18H16. The maximum atomic E-state index is 2.32. The van der Waals surface area contributed by atoms with Gasteiger partial charge in [-0.3, -0.25) is 0 Å². The van der Waals surface area contributed by atoms with Crippen molar-refractivity contribution in [2.24, 2.45) is 0 Å². The molecule has 0 saturated carbocycles. The van der Waals surface area contributed by atoms with Gasteiger partial charge >= 0.3 is 0 Å². The van der Waals surface area contributed by atoms with Crippen LogP contribution in [0.2, 0.25) is 0 Å². The van der Waals surface area contributed by atoms with Gasteiger partial charge in [0.15, 0.2) is 0 Å². The summed E-state index contributed by atoms with van der Waals surface area (Å²) in [6.45, 7) is 0. The third-order valence-corrected chi connectivity index (χ3v) is 4.33. The molecule has 0 fully saturated rings. The highest BCUT2D eigenvalue weighted by molar-refractivity contribution is 5.90. The summed E-state index contributed by atoms with van der Waals surface area (Å²) >= 11 is 0. The van der Waals surface area contributed by atoms with Gasteiger partial charge in [0.2, 0.25) is 0 Å². The van der Waals surface area contributed by atoms with Gasteiger partial charge in [-0.25, -0.2) is 0 Å². The van der Waals surface area contributed by atoms with E-state index in [1.165, 1.54) is 30.4 Å². The molecule has 0 saturated heterocycles.